The molecule has 2 atom stereocenters. The zero-order valence-electron chi connectivity index (χ0n) is 10.6. The van der Waals surface area contributed by atoms with E-state index in [9.17, 15) is 5.11 Å². The zero-order valence-corrected chi connectivity index (χ0v) is 10.6. The van der Waals surface area contributed by atoms with Gasteiger partial charge in [-0.25, -0.2) is 0 Å². The first kappa shape index (κ1) is 13.0. The molecule has 90 valence electrons. The molecule has 0 amide bonds. The minimum absolute atomic E-state index is 0.523. The molecule has 0 aromatic carbocycles. The lowest BCUT2D eigenvalue weighted by Gasteiger charge is -2.21. The average Bonchev–Trinajstić information content (AvgIpc) is 2.29. The number of hydrogen-bond acceptors (Lipinski definition) is 2. The highest BCUT2D eigenvalue weighted by molar-refractivity contribution is 4.75. The number of nitrogens with one attached hydrogen (secondary N) is 1. The van der Waals surface area contributed by atoms with Crippen LogP contribution in [-0.4, -0.2) is 23.3 Å². The van der Waals surface area contributed by atoms with E-state index in [1.807, 2.05) is 13.8 Å². The number of aliphatic hydroxyl groups is 1. The zero-order chi connectivity index (χ0) is 11.3. The molecule has 2 nitrogen and oxygen atoms in total. The van der Waals surface area contributed by atoms with Gasteiger partial charge in [-0.3, -0.25) is 0 Å². The smallest absolute Gasteiger partial charge is 0.0603 e. The van der Waals surface area contributed by atoms with E-state index in [4.69, 9.17) is 0 Å². The third-order valence-corrected chi connectivity index (χ3v) is 3.43. The Kier molecular flexibility index (Phi) is 5.07. The molecular weight excluding hydrogens is 186 g/mol. The Balaban J connectivity index is 2.15. The maximum absolute atomic E-state index is 9.60. The molecule has 15 heavy (non-hydrogen) atoms. The maximum atomic E-state index is 9.60. The molecule has 1 rings (SSSR count). The summed E-state index contributed by atoms with van der Waals surface area (Å²) in [5.74, 6) is 0.908. The molecule has 0 aromatic rings. The Labute approximate surface area is 94.5 Å². The fraction of sp³-hybridized carbons (Fsp3) is 1.00. The van der Waals surface area contributed by atoms with E-state index in [1.54, 1.807) is 0 Å². The van der Waals surface area contributed by atoms with Crippen LogP contribution < -0.4 is 5.32 Å². The van der Waals surface area contributed by atoms with Crippen LogP contribution in [-0.2, 0) is 0 Å². The quantitative estimate of drug-likeness (QED) is 0.704. The molecule has 0 aliphatic heterocycles. The monoisotopic (exact) mass is 213 g/mol. The van der Waals surface area contributed by atoms with Gasteiger partial charge in [-0.05, 0) is 52.0 Å². The van der Waals surface area contributed by atoms with Crippen LogP contribution in [0.3, 0.4) is 0 Å². The summed E-state index contributed by atoms with van der Waals surface area (Å²) in [6, 6.07) is 0.692. The number of rotatable bonds is 4. The molecule has 0 saturated heterocycles. The van der Waals surface area contributed by atoms with Crippen molar-refractivity contribution in [2.75, 3.05) is 6.54 Å². The predicted octanol–water partition coefficient (Wildman–Crippen LogP) is 2.71. The molecule has 2 heteroatoms. The van der Waals surface area contributed by atoms with Crippen LogP contribution in [0.1, 0.15) is 59.3 Å². The van der Waals surface area contributed by atoms with Gasteiger partial charge >= 0.3 is 0 Å². The summed E-state index contributed by atoms with van der Waals surface area (Å²) in [6.07, 6.45) is 7.59. The first-order valence-electron chi connectivity index (χ1n) is 6.43. The summed E-state index contributed by atoms with van der Waals surface area (Å²) < 4.78 is 0. The van der Waals surface area contributed by atoms with Gasteiger partial charge in [0.25, 0.3) is 0 Å². The lowest BCUT2D eigenvalue weighted by atomic mass is 10.0. The highest BCUT2D eigenvalue weighted by Crippen LogP contribution is 2.22. The molecular formula is C13H27NO. The Morgan fingerprint density at radius 1 is 1.20 bits per heavy atom. The lowest BCUT2D eigenvalue weighted by molar-refractivity contribution is 0.0702. The summed E-state index contributed by atoms with van der Waals surface area (Å²) in [6.45, 7) is 7.06. The van der Waals surface area contributed by atoms with Crippen molar-refractivity contribution < 1.29 is 5.11 Å². The van der Waals surface area contributed by atoms with Crippen LogP contribution in [0.15, 0.2) is 0 Å². The second kappa shape index (κ2) is 5.86. The SMILES string of the molecule is CC1CCCC(NCCC(C)(C)O)CC1. The van der Waals surface area contributed by atoms with E-state index in [0.717, 1.165) is 18.9 Å². The van der Waals surface area contributed by atoms with Crippen LogP contribution in [0.5, 0.6) is 0 Å². The van der Waals surface area contributed by atoms with Gasteiger partial charge in [0.05, 0.1) is 5.60 Å². The minimum atomic E-state index is -0.523. The summed E-state index contributed by atoms with van der Waals surface area (Å²) in [7, 11) is 0. The van der Waals surface area contributed by atoms with E-state index in [0.29, 0.717) is 6.04 Å². The molecule has 2 N–H and O–H groups in total. The van der Waals surface area contributed by atoms with Crippen LogP contribution in [0.4, 0.5) is 0 Å². The van der Waals surface area contributed by atoms with Crippen molar-refractivity contribution in [1.82, 2.24) is 5.32 Å². The summed E-state index contributed by atoms with van der Waals surface area (Å²) in [5, 5.41) is 13.2. The van der Waals surface area contributed by atoms with Crippen molar-refractivity contribution in [3.63, 3.8) is 0 Å². The minimum Gasteiger partial charge on any atom is -0.390 e. The Hall–Kier alpha value is -0.0800. The van der Waals surface area contributed by atoms with Gasteiger partial charge in [0, 0.05) is 6.04 Å². The third kappa shape index (κ3) is 6.16. The van der Waals surface area contributed by atoms with E-state index in [2.05, 4.69) is 12.2 Å². The van der Waals surface area contributed by atoms with E-state index in [-0.39, 0.29) is 0 Å². The second-order valence-electron chi connectivity index (χ2n) is 5.83. The molecule has 0 radical (unpaired) electrons. The van der Waals surface area contributed by atoms with E-state index in [1.165, 1.54) is 32.1 Å². The lowest BCUT2D eigenvalue weighted by Crippen LogP contribution is -2.33. The predicted molar refractivity (Wildman–Crippen MR) is 65.0 cm³/mol. The van der Waals surface area contributed by atoms with Crippen molar-refractivity contribution in [2.45, 2.75) is 70.9 Å². The first-order valence-corrected chi connectivity index (χ1v) is 6.43. The van der Waals surface area contributed by atoms with Crippen molar-refractivity contribution in [2.24, 2.45) is 5.92 Å². The standard InChI is InChI=1S/C13H27NO/c1-11-5-4-6-12(8-7-11)14-10-9-13(2,3)15/h11-12,14-15H,4-10H2,1-3H3. The van der Waals surface area contributed by atoms with Gasteiger partial charge in [0.1, 0.15) is 0 Å². The fourth-order valence-corrected chi connectivity index (χ4v) is 2.27. The van der Waals surface area contributed by atoms with Crippen molar-refractivity contribution in [1.29, 1.82) is 0 Å². The van der Waals surface area contributed by atoms with E-state index < -0.39 is 5.60 Å². The molecule has 1 aliphatic carbocycles. The van der Waals surface area contributed by atoms with Gasteiger partial charge in [-0.15, -0.1) is 0 Å². The number of hydrogen-bond donors (Lipinski definition) is 2. The molecule has 1 aliphatic rings. The highest BCUT2D eigenvalue weighted by Gasteiger charge is 2.17. The topological polar surface area (TPSA) is 32.3 Å². The molecule has 0 heterocycles. The average molecular weight is 213 g/mol. The van der Waals surface area contributed by atoms with Crippen molar-refractivity contribution >= 4 is 0 Å². The molecule has 0 aromatic heterocycles. The summed E-state index contributed by atoms with van der Waals surface area (Å²) >= 11 is 0. The Bertz CT molecular complexity index is 174. The largest absolute Gasteiger partial charge is 0.390 e. The van der Waals surface area contributed by atoms with Crippen LogP contribution in [0.25, 0.3) is 0 Å². The molecule has 2 unspecified atom stereocenters. The molecule has 0 bridgehead atoms. The van der Waals surface area contributed by atoms with Gasteiger partial charge < -0.3 is 10.4 Å². The van der Waals surface area contributed by atoms with Crippen molar-refractivity contribution in [3.05, 3.63) is 0 Å². The maximum Gasteiger partial charge on any atom is 0.0603 e. The van der Waals surface area contributed by atoms with E-state index >= 15 is 0 Å². The van der Waals surface area contributed by atoms with Gasteiger partial charge in [-0.1, -0.05) is 19.8 Å². The van der Waals surface area contributed by atoms with Crippen LogP contribution in [0, 0.1) is 5.92 Å². The Morgan fingerprint density at radius 3 is 2.60 bits per heavy atom. The third-order valence-electron chi connectivity index (χ3n) is 3.43. The second-order valence-corrected chi connectivity index (χ2v) is 5.83. The summed E-state index contributed by atoms with van der Waals surface area (Å²) in [4.78, 5) is 0. The molecule has 1 saturated carbocycles. The first-order chi connectivity index (χ1) is 6.97. The van der Waals surface area contributed by atoms with Gasteiger partial charge in [-0.2, -0.15) is 0 Å². The van der Waals surface area contributed by atoms with Gasteiger partial charge in [0.15, 0.2) is 0 Å². The Morgan fingerprint density at radius 2 is 1.93 bits per heavy atom. The highest BCUT2D eigenvalue weighted by atomic mass is 16.3. The fourth-order valence-electron chi connectivity index (χ4n) is 2.27. The normalized spacial score (nSPS) is 28.8. The molecule has 1 fully saturated rings. The van der Waals surface area contributed by atoms with Crippen LogP contribution in [0.2, 0.25) is 0 Å². The molecule has 0 spiro atoms. The summed E-state index contributed by atoms with van der Waals surface area (Å²) in [5.41, 5.74) is -0.523. The van der Waals surface area contributed by atoms with Gasteiger partial charge in [0.2, 0.25) is 0 Å². The van der Waals surface area contributed by atoms with Crippen molar-refractivity contribution in [3.8, 4) is 0 Å². The van der Waals surface area contributed by atoms with Crippen LogP contribution >= 0.6 is 0 Å².